The van der Waals surface area contributed by atoms with Crippen molar-refractivity contribution in [2.24, 2.45) is 0 Å². The van der Waals surface area contributed by atoms with Crippen LogP contribution >= 0.6 is 0 Å². The summed E-state index contributed by atoms with van der Waals surface area (Å²) in [5.41, 5.74) is 3.26. The summed E-state index contributed by atoms with van der Waals surface area (Å²) in [5.74, 6) is 0.665. The van der Waals surface area contributed by atoms with Crippen LogP contribution in [0.2, 0.25) is 0 Å². The van der Waals surface area contributed by atoms with Gasteiger partial charge in [0.25, 0.3) is 11.6 Å². The third kappa shape index (κ3) is 3.51. The third-order valence-corrected chi connectivity index (χ3v) is 5.21. The van der Waals surface area contributed by atoms with Gasteiger partial charge >= 0.3 is 0 Å². The predicted octanol–water partition coefficient (Wildman–Crippen LogP) is 2.47. The minimum atomic E-state index is -0.462. The van der Waals surface area contributed by atoms with Gasteiger partial charge in [-0.1, -0.05) is 13.0 Å². The highest BCUT2D eigenvalue weighted by atomic mass is 16.6. The summed E-state index contributed by atoms with van der Waals surface area (Å²) < 4.78 is 1.89. The smallest absolute Gasteiger partial charge is 0.287 e. The monoisotopic (exact) mass is 394 g/mol. The maximum Gasteiger partial charge on any atom is 0.287 e. The van der Waals surface area contributed by atoms with Crippen molar-refractivity contribution in [3.63, 3.8) is 0 Å². The first-order chi connectivity index (χ1) is 14.0. The molecule has 4 heterocycles. The van der Waals surface area contributed by atoms with Gasteiger partial charge in [-0.05, 0) is 31.0 Å². The van der Waals surface area contributed by atoms with Crippen molar-refractivity contribution in [3.05, 3.63) is 63.7 Å². The quantitative estimate of drug-likeness (QED) is 0.498. The normalized spacial score (nSPS) is 14.4. The Morgan fingerprint density at radius 3 is 2.55 bits per heavy atom. The topological polar surface area (TPSA) is 96.9 Å². The summed E-state index contributed by atoms with van der Waals surface area (Å²) in [5, 5.41) is 10.8. The minimum Gasteiger partial charge on any atom is -0.353 e. The fourth-order valence-electron chi connectivity index (χ4n) is 3.63. The predicted molar refractivity (Wildman–Crippen MR) is 108 cm³/mol. The van der Waals surface area contributed by atoms with Crippen molar-refractivity contribution >= 4 is 23.1 Å². The second-order valence-electron chi connectivity index (χ2n) is 7.11. The maximum absolute atomic E-state index is 13.3. The van der Waals surface area contributed by atoms with Gasteiger partial charge in [0.2, 0.25) is 0 Å². The lowest BCUT2D eigenvalue weighted by atomic mass is 10.2. The Morgan fingerprint density at radius 2 is 1.93 bits per heavy atom. The first kappa shape index (κ1) is 18.9. The molecule has 1 saturated heterocycles. The molecule has 9 heteroatoms. The van der Waals surface area contributed by atoms with Gasteiger partial charge in [0, 0.05) is 38.4 Å². The summed E-state index contributed by atoms with van der Waals surface area (Å²) in [7, 11) is 0. The first-order valence-corrected chi connectivity index (χ1v) is 9.60. The molecule has 0 saturated carbocycles. The van der Waals surface area contributed by atoms with E-state index in [1.165, 1.54) is 12.3 Å². The van der Waals surface area contributed by atoms with Gasteiger partial charge in [0.1, 0.15) is 23.4 Å². The molecule has 1 aliphatic heterocycles. The van der Waals surface area contributed by atoms with Gasteiger partial charge in [0.05, 0.1) is 10.6 Å². The van der Waals surface area contributed by atoms with Crippen LogP contribution in [0, 0.1) is 17.0 Å². The zero-order valence-corrected chi connectivity index (χ0v) is 16.4. The Morgan fingerprint density at radius 1 is 1.17 bits per heavy atom. The highest BCUT2D eigenvalue weighted by Gasteiger charge is 2.27. The van der Waals surface area contributed by atoms with Crippen LogP contribution in [0.3, 0.4) is 0 Å². The Labute approximate surface area is 167 Å². The van der Waals surface area contributed by atoms with Crippen molar-refractivity contribution in [1.29, 1.82) is 0 Å². The molecule has 1 aliphatic rings. The van der Waals surface area contributed by atoms with Crippen LogP contribution in [0.25, 0.3) is 5.65 Å². The highest BCUT2D eigenvalue weighted by Crippen LogP contribution is 2.20. The summed E-state index contributed by atoms with van der Waals surface area (Å²) in [6, 6.07) is 7.03. The van der Waals surface area contributed by atoms with Crippen molar-refractivity contribution in [2.75, 3.05) is 31.1 Å². The zero-order valence-electron chi connectivity index (χ0n) is 16.4. The molecule has 3 aromatic heterocycles. The average Bonchev–Trinajstić information content (AvgIpc) is 3.11. The fourth-order valence-corrected chi connectivity index (χ4v) is 3.63. The molecule has 0 atom stereocenters. The van der Waals surface area contributed by atoms with E-state index in [1.54, 1.807) is 6.07 Å². The number of pyridine rings is 2. The Hall–Kier alpha value is -3.49. The molecule has 29 heavy (non-hydrogen) atoms. The Kier molecular flexibility index (Phi) is 4.87. The number of nitrogens with zero attached hydrogens (tertiary/aromatic N) is 6. The van der Waals surface area contributed by atoms with Crippen molar-refractivity contribution in [1.82, 2.24) is 19.3 Å². The molecule has 0 bridgehead atoms. The van der Waals surface area contributed by atoms with Crippen molar-refractivity contribution in [3.8, 4) is 0 Å². The molecule has 0 aliphatic carbocycles. The lowest BCUT2D eigenvalue weighted by molar-refractivity contribution is -0.385. The second-order valence-corrected chi connectivity index (χ2v) is 7.11. The first-order valence-electron chi connectivity index (χ1n) is 9.60. The van der Waals surface area contributed by atoms with Crippen LogP contribution in [0.15, 0.2) is 36.7 Å². The number of amides is 1. The highest BCUT2D eigenvalue weighted by molar-refractivity contribution is 5.95. The van der Waals surface area contributed by atoms with Crippen LogP contribution in [0.5, 0.6) is 0 Å². The van der Waals surface area contributed by atoms with E-state index in [0.717, 1.165) is 16.9 Å². The number of carbonyl (C=O) groups excluding carboxylic acids is 1. The summed E-state index contributed by atoms with van der Waals surface area (Å²) >= 11 is 0. The molecule has 0 radical (unpaired) electrons. The van der Waals surface area contributed by atoms with Gasteiger partial charge in [0.15, 0.2) is 0 Å². The van der Waals surface area contributed by atoms with Gasteiger partial charge in [-0.25, -0.2) is 9.97 Å². The lowest BCUT2D eigenvalue weighted by Gasteiger charge is -2.35. The largest absolute Gasteiger partial charge is 0.353 e. The Bertz CT molecular complexity index is 1070. The van der Waals surface area contributed by atoms with Gasteiger partial charge in [-0.2, -0.15) is 0 Å². The van der Waals surface area contributed by atoms with E-state index in [-0.39, 0.29) is 11.6 Å². The maximum atomic E-state index is 13.3. The molecular formula is C20H22N6O3. The van der Waals surface area contributed by atoms with Crippen molar-refractivity contribution < 1.29 is 9.72 Å². The van der Waals surface area contributed by atoms with Gasteiger partial charge < -0.3 is 9.80 Å². The zero-order chi connectivity index (χ0) is 20.5. The van der Waals surface area contributed by atoms with Gasteiger partial charge in [-0.15, -0.1) is 0 Å². The Balaban J connectivity index is 1.51. The standard InChI is InChI=1S/C20H22N6O3/c1-3-16-19(25-13-14(2)4-6-18(25)22-16)20(27)24-10-8-23(9-11-24)17-7-5-15(12-21-17)26(28)29/h4-7,12-13H,3,8-11H2,1-2H3. The van der Waals surface area contributed by atoms with Crippen LogP contribution in [-0.2, 0) is 6.42 Å². The van der Waals surface area contributed by atoms with Crippen molar-refractivity contribution in [2.45, 2.75) is 20.3 Å². The molecular weight excluding hydrogens is 372 g/mol. The number of carbonyl (C=O) groups is 1. The minimum absolute atomic E-state index is 0.0174. The SMILES string of the molecule is CCc1nc2ccc(C)cn2c1C(=O)N1CCN(c2ccc([N+](=O)[O-])cn2)CC1. The number of aromatic nitrogens is 3. The number of piperazine rings is 1. The average molecular weight is 394 g/mol. The molecule has 0 aromatic carbocycles. The van der Waals surface area contributed by atoms with Crippen LogP contribution in [0.1, 0.15) is 28.7 Å². The summed E-state index contributed by atoms with van der Waals surface area (Å²) in [4.78, 5) is 36.3. The number of imidazole rings is 1. The number of hydrogen-bond donors (Lipinski definition) is 0. The number of aryl methyl sites for hydroxylation is 2. The van der Waals surface area contributed by atoms with E-state index in [4.69, 9.17) is 0 Å². The molecule has 9 nitrogen and oxygen atoms in total. The van der Waals surface area contributed by atoms with Gasteiger partial charge in [-0.3, -0.25) is 19.3 Å². The molecule has 0 unspecified atom stereocenters. The molecule has 1 amide bonds. The second kappa shape index (κ2) is 7.50. The fraction of sp³-hybridized carbons (Fsp3) is 0.350. The van der Waals surface area contributed by atoms with E-state index < -0.39 is 4.92 Å². The van der Waals surface area contributed by atoms with E-state index in [2.05, 4.69) is 9.97 Å². The number of hydrogen-bond acceptors (Lipinski definition) is 6. The van der Waals surface area contributed by atoms with Crippen LogP contribution in [0.4, 0.5) is 11.5 Å². The molecule has 4 rings (SSSR count). The molecule has 0 spiro atoms. The van der Waals surface area contributed by atoms with Crippen LogP contribution < -0.4 is 4.90 Å². The third-order valence-electron chi connectivity index (χ3n) is 5.21. The van der Waals surface area contributed by atoms with E-state index in [0.29, 0.717) is 44.1 Å². The number of anilines is 1. The van der Waals surface area contributed by atoms with Crippen LogP contribution in [-0.4, -0.2) is 56.3 Å². The van der Waals surface area contributed by atoms with E-state index >= 15 is 0 Å². The summed E-state index contributed by atoms with van der Waals surface area (Å²) in [6.45, 7) is 6.35. The van der Waals surface area contributed by atoms with E-state index in [9.17, 15) is 14.9 Å². The number of fused-ring (bicyclic) bond motifs is 1. The van der Waals surface area contributed by atoms with E-state index in [1.807, 2.05) is 46.4 Å². The lowest BCUT2D eigenvalue weighted by Crippen LogP contribution is -2.49. The molecule has 0 N–H and O–H groups in total. The number of nitro groups is 1. The molecule has 1 fully saturated rings. The summed E-state index contributed by atoms with van der Waals surface area (Å²) in [6.07, 6.45) is 3.90. The number of rotatable bonds is 4. The molecule has 150 valence electrons. The molecule has 3 aromatic rings.